The molecule has 0 fully saturated rings. The molecule has 1 amide bonds. The fourth-order valence-corrected chi connectivity index (χ4v) is 3.05. The molecule has 0 radical (unpaired) electrons. The highest BCUT2D eigenvalue weighted by Gasteiger charge is 2.13. The van der Waals surface area contributed by atoms with Crippen molar-refractivity contribution in [2.45, 2.75) is 53.4 Å². The maximum Gasteiger partial charge on any atom is 0.262 e. The number of para-hydroxylation sites is 1. The summed E-state index contributed by atoms with van der Waals surface area (Å²) in [7, 11) is 0. The molecule has 0 aromatic heterocycles. The molecular formula is C22H29NO2. The predicted molar refractivity (Wildman–Crippen MR) is 105 cm³/mol. The first-order chi connectivity index (χ1) is 11.8. The van der Waals surface area contributed by atoms with Gasteiger partial charge in [-0.05, 0) is 60.1 Å². The molecular weight excluding hydrogens is 310 g/mol. The maximum absolute atomic E-state index is 12.3. The van der Waals surface area contributed by atoms with Crippen LogP contribution in [0.3, 0.4) is 0 Å². The number of aryl methyl sites for hydroxylation is 2. The van der Waals surface area contributed by atoms with Crippen LogP contribution in [-0.4, -0.2) is 12.5 Å². The van der Waals surface area contributed by atoms with Gasteiger partial charge < -0.3 is 10.1 Å². The first-order valence-electron chi connectivity index (χ1n) is 8.92. The number of anilines is 1. The van der Waals surface area contributed by atoms with Gasteiger partial charge in [0, 0.05) is 5.69 Å². The SMILES string of the molecule is Cc1cc(OCC(=O)Nc2c(C)cccc2C(C)C)ccc1C(C)C. The molecule has 0 unspecified atom stereocenters. The van der Waals surface area contributed by atoms with Gasteiger partial charge in [-0.15, -0.1) is 0 Å². The second-order valence-corrected chi connectivity index (χ2v) is 7.20. The Bertz CT molecular complexity index is 748. The highest BCUT2D eigenvalue weighted by atomic mass is 16.5. The summed E-state index contributed by atoms with van der Waals surface area (Å²) in [6.07, 6.45) is 0. The summed E-state index contributed by atoms with van der Waals surface area (Å²) in [5, 5.41) is 3.01. The first-order valence-corrected chi connectivity index (χ1v) is 8.92. The van der Waals surface area contributed by atoms with Gasteiger partial charge in [-0.25, -0.2) is 0 Å². The predicted octanol–water partition coefficient (Wildman–Crippen LogP) is 5.57. The summed E-state index contributed by atoms with van der Waals surface area (Å²) in [5.74, 6) is 1.42. The van der Waals surface area contributed by atoms with Crippen LogP contribution in [-0.2, 0) is 4.79 Å². The lowest BCUT2D eigenvalue weighted by atomic mass is 9.98. The smallest absolute Gasteiger partial charge is 0.262 e. The third kappa shape index (κ3) is 4.85. The highest BCUT2D eigenvalue weighted by molar-refractivity contribution is 5.93. The molecule has 25 heavy (non-hydrogen) atoms. The lowest BCUT2D eigenvalue weighted by Gasteiger charge is -2.17. The average Bonchev–Trinajstić information content (AvgIpc) is 2.54. The minimum atomic E-state index is -0.137. The van der Waals surface area contributed by atoms with Crippen molar-refractivity contribution in [3.8, 4) is 5.75 Å². The van der Waals surface area contributed by atoms with Crippen LogP contribution in [0, 0.1) is 13.8 Å². The van der Waals surface area contributed by atoms with E-state index in [1.165, 1.54) is 11.1 Å². The third-order valence-corrected chi connectivity index (χ3v) is 4.42. The summed E-state index contributed by atoms with van der Waals surface area (Å²) >= 11 is 0. The number of carbonyl (C=O) groups excluding carboxylic acids is 1. The largest absolute Gasteiger partial charge is 0.484 e. The van der Waals surface area contributed by atoms with Crippen molar-refractivity contribution in [2.75, 3.05) is 11.9 Å². The van der Waals surface area contributed by atoms with Crippen molar-refractivity contribution < 1.29 is 9.53 Å². The molecule has 0 heterocycles. The van der Waals surface area contributed by atoms with E-state index in [9.17, 15) is 4.79 Å². The molecule has 0 spiro atoms. The topological polar surface area (TPSA) is 38.3 Å². The van der Waals surface area contributed by atoms with E-state index in [0.29, 0.717) is 11.8 Å². The van der Waals surface area contributed by atoms with E-state index in [2.05, 4.69) is 52.1 Å². The second-order valence-electron chi connectivity index (χ2n) is 7.20. The Morgan fingerprint density at radius 1 is 0.960 bits per heavy atom. The van der Waals surface area contributed by atoms with Crippen LogP contribution in [0.1, 0.15) is 61.8 Å². The normalized spacial score (nSPS) is 11.0. The van der Waals surface area contributed by atoms with Crippen LogP contribution in [0.25, 0.3) is 0 Å². The molecule has 0 aliphatic rings. The van der Waals surface area contributed by atoms with Gasteiger partial charge in [0.2, 0.25) is 0 Å². The molecule has 2 aromatic carbocycles. The number of rotatable bonds is 6. The van der Waals surface area contributed by atoms with Crippen molar-refractivity contribution in [1.29, 1.82) is 0 Å². The Morgan fingerprint density at radius 2 is 1.64 bits per heavy atom. The molecule has 0 aliphatic carbocycles. The van der Waals surface area contributed by atoms with Gasteiger partial charge in [0.25, 0.3) is 5.91 Å². The first kappa shape index (κ1) is 19.0. The van der Waals surface area contributed by atoms with E-state index in [1.54, 1.807) is 0 Å². The molecule has 2 rings (SSSR count). The van der Waals surface area contributed by atoms with E-state index in [1.807, 2.05) is 31.2 Å². The van der Waals surface area contributed by atoms with Crippen LogP contribution < -0.4 is 10.1 Å². The number of nitrogens with one attached hydrogen (secondary N) is 1. The molecule has 134 valence electrons. The van der Waals surface area contributed by atoms with E-state index < -0.39 is 0 Å². The van der Waals surface area contributed by atoms with E-state index in [-0.39, 0.29) is 12.5 Å². The quantitative estimate of drug-likeness (QED) is 0.747. The molecule has 3 heteroatoms. The Kier molecular flexibility index (Phi) is 6.24. The Labute approximate surface area is 151 Å². The number of hydrogen-bond donors (Lipinski definition) is 1. The maximum atomic E-state index is 12.3. The Morgan fingerprint density at radius 3 is 2.24 bits per heavy atom. The fraction of sp³-hybridized carbons (Fsp3) is 0.409. The monoisotopic (exact) mass is 339 g/mol. The third-order valence-electron chi connectivity index (χ3n) is 4.42. The summed E-state index contributed by atoms with van der Waals surface area (Å²) in [6, 6.07) is 12.1. The zero-order valence-electron chi connectivity index (χ0n) is 16.1. The van der Waals surface area contributed by atoms with Crippen molar-refractivity contribution in [2.24, 2.45) is 0 Å². The van der Waals surface area contributed by atoms with Crippen molar-refractivity contribution >= 4 is 11.6 Å². The molecule has 0 atom stereocenters. The van der Waals surface area contributed by atoms with Crippen LogP contribution in [0.15, 0.2) is 36.4 Å². The van der Waals surface area contributed by atoms with Gasteiger partial charge in [-0.1, -0.05) is 52.0 Å². The van der Waals surface area contributed by atoms with Gasteiger partial charge in [-0.2, -0.15) is 0 Å². The number of hydrogen-bond acceptors (Lipinski definition) is 2. The Hall–Kier alpha value is -2.29. The summed E-state index contributed by atoms with van der Waals surface area (Å²) in [5.41, 5.74) is 5.60. The molecule has 1 N–H and O–H groups in total. The van der Waals surface area contributed by atoms with Gasteiger partial charge >= 0.3 is 0 Å². The summed E-state index contributed by atoms with van der Waals surface area (Å²) < 4.78 is 5.68. The molecule has 2 aromatic rings. The molecule has 0 bridgehead atoms. The Balaban J connectivity index is 2.04. The van der Waals surface area contributed by atoms with E-state index in [0.717, 1.165) is 22.6 Å². The molecule has 0 saturated heterocycles. The van der Waals surface area contributed by atoms with Gasteiger partial charge in [0.05, 0.1) is 0 Å². The van der Waals surface area contributed by atoms with Crippen LogP contribution in [0.5, 0.6) is 5.75 Å². The lowest BCUT2D eigenvalue weighted by Crippen LogP contribution is -2.21. The van der Waals surface area contributed by atoms with Gasteiger partial charge in [0.1, 0.15) is 5.75 Å². The van der Waals surface area contributed by atoms with E-state index in [4.69, 9.17) is 4.74 Å². The van der Waals surface area contributed by atoms with Crippen molar-refractivity contribution in [1.82, 2.24) is 0 Å². The second kappa shape index (κ2) is 8.19. The minimum absolute atomic E-state index is 0.00628. The fourth-order valence-electron chi connectivity index (χ4n) is 3.05. The molecule has 0 aliphatic heterocycles. The van der Waals surface area contributed by atoms with Crippen molar-refractivity contribution in [3.05, 3.63) is 58.7 Å². The van der Waals surface area contributed by atoms with E-state index >= 15 is 0 Å². The number of ether oxygens (including phenoxy) is 1. The van der Waals surface area contributed by atoms with Gasteiger partial charge in [-0.3, -0.25) is 4.79 Å². The minimum Gasteiger partial charge on any atom is -0.484 e. The zero-order chi connectivity index (χ0) is 18.6. The number of amides is 1. The highest BCUT2D eigenvalue weighted by Crippen LogP contribution is 2.27. The van der Waals surface area contributed by atoms with Crippen LogP contribution >= 0.6 is 0 Å². The van der Waals surface area contributed by atoms with Crippen LogP contribution in [0.2, 0.25) is 0 Å². The number of benzene rings is 2. The van der Waals surface area contributed by atoms with Crippen LogP contribution in [0.4, 0.5) is 5.69 Å². The van der Waals surface area contributed by atoms with Gasteiger partial charge in [0.15, 0.2) is 6.61 Å². The summed E-state index contributed by atoms with van der Waals surface area (Å²) in [6.45, 7) is 12.7. The zero-order valence-corrected chi connectivity index (χ0v) is 16.1. The van der Waals surface area contributed by atoms with Crippen molar-refractivity contribution in [3.63, 3.8) is 0 Å². The molecule has 3 nitrogen and oxygen atoms in total. The number of carbonyl (C=O) groups is 1. The standard InChI is InChI=1S/C22H29NO2/c1-14(2)19-11-10-18(12-17(19)6)25-13-21(24)23-22-16(5)8-7-9-20(22)15(3)4/h7-12,14-15H,13H2,1-6H3,(H,23,24). The molecule has 0 saturated carbocycles. The lowest BCUT2D eigenvalue weighted by molar-refractivity contribution is -0.118. The average molecular weight is 339 g/mol. The summed E-state index contributed by atoms with van der Waals surface area (Å²) in [4.78, 5) is 12.3.